The van der Waals surface area contributed by atoms with Crippen molar-refractivity contribution in [2.75, 3.05) is 18.9 Å². The first kappa shape index (κ1) is 16.6. The molecule has 1 aliphatic rings. The second-order valence-corrected chi connectivity index (χ2v) is 5.57. The van der Waals surface area contributed by atoms with E-state index in [-0.39, 0.29) is 0 Å². The number of rotatable bonds is 4. The van der Waals surface area contributed by atoms with Crippen molar-refractivity contribution in [2.24, 2.45) is 7.05 Å². The van der Waals surface area contributed by atoms with Gasteiger partial charge in [0.1, 0.15) is 5.82 Å². The maximum absolute atomic E-state index is 12.3. The largest absolute Gasteiger partial charge is 0.416 e. The lowest BCUT2D eigenvalue weighted by molar-refractivity contribution is -0.205. The number of nitrogens with zero attached hydrogens (tertiary/aromatic N) is 3. The molecule has 0 aliphatic heterocycles. The van der Waals surface area contributed by atoms with Crippen LogP contribution in [0.15, 0.2) is 6.07 Å². The van der Waals surface area contributed by atoms with Crippen LogP contribution in [0.3, 0.4) is 0 Å². The van der Waals surface area contributed by atoms with Gasteiger partial charge >= 0.3 is 12.2 Å². The van der Waals surface area contributed by atoms with Crippen LogP contribution >= 0.6 is 0 Å². The van der Waals surface area contributed by atoms with Crippen LogP contribution in [0.25, 0.3) is 0 Å². The van der Waals surface area contributed by atoms with Gasteiger partial charge in [0.15, 0.2) is 6.10 Å². The van der Waals surface area contributed by atoms with Crippen LogP contribution in [0.1, 0.15) is 30.9 Å². The normalized spacial score (nSPS) is 17.0. The zero-order valence-electron chi connectivity index (χ0n) is 12.4. The Morgan fingerprint density at radius 3 is 2.73 bits per heavy atom. The number of aryl methyl sites for hydroxylation is 1. The van der Waals surface area contributed by atoms with Crippen LogP contribution in [0.2, 0.25) is 0 Å². The first-order chi connectivity index (χ1) is 10.2. The van der Waals surface area contributed by atoms with Gasteiger partial charge in [0.05, 0.1) is 12.2 Å². The summed E-state index contributed by atoms with van der Waals surface area (Å²) in [6, 6.07) is 1.00. The summed E-state index contributed by atoms with van der Waals surface area (Å²) >= 11 is 0. The highest BCUT2D eigenvalue weighted by molar-refractivity contribution is 5.88. The van der Waals surface area contributed by atoms with Crippen molar-refractivity contribution in [3.63, 3.8) is 0 Å². The molecule has 9 heteroatoms. The van der Waals surface area contributed by atoms with Crippen molar-refractivity contribution in [3.8, 4) is 0 Å². The number of alkyl halides is 3. The lowest BCUT2D eigenvalue weighted by Gasteiger charge is -2.23. The Balaban J connectivity index is 1.95. The third-order valence-corrected chi connectivity index (χ3v) is 3.83. The quantitative estimate of drug-likeness (QED) is 0.892. The number of likely N-dealkylation sites (N-methyl/N-ethyl adjacent to an activating group) is 1. The van der Waals surface area contributed by atoms with E-state index in [4.69, 9.17) is 5.11 Å². The van der Waals surface area contributed by atoms with Crippen LogP contribution in [0.5, 0.6) is 0 Å². The number of urea groups is 1. The highest BCUT2D eigenvalue weighted by Crippen LogP contribution is 2.36. The summed E-state index contributed by atoms with van der Waals surface area (Å²) in [5, 5.41) is 15.8. The summed E-state index contributed by atoms with van der Waals surface area (Å²) in [4.78, 5) is 12.7. The van der Waals surface area contributed by atoms with Gasteiger partial charge in [-0.05, 0) is 12.8 Å². The smallest absolute Gasteiger partial charge is 0.382 e. The molecule has 22 heavy (non-hydrogen) atoms. The maximum atomic E-state index is 12.3. The predicted molar refractivity (Wildman–Crippen MR) is 73.5 cm³/mol. The lowest BCUT2D eigenvalue weighted by atomic mass is 9.83. The van der Waals surface area contributed by atoms with Crippen LogP contribution in [0.4, 0.5) is 23.8 Å². The van der Waals surface area contributed by atoms with Gasteiger partial charge in [-0.2, -0.15) is 18.3 Å². The summed E-state index contributed by atoms with van der Waals surface area (Å²) in [6.45, 7) is -0.831. The number of carbonyl (C=O) groups excluding carboxylic acids is 1. The monoisotopic (exact) mass is 320 g/mol. The average Bonchev–Trinajstić information content (AvgIpc) is 2.66. The highest BCUT2D eigenvalue weighted by Gasteiger charge is 2.39. The first-order valence-electron chi connectivity index (χ1n) is 6.99. The Bertz CT molecular complexity index is 540. The fourth-order valence-electron chi connectivity index (χ4n) is 2.16. The Hall–Kier alpha value is -1.77. The van der Waals surface area contributed by atoms with Crippen molar-refractivity contribution in [1.82, 2.24) is 14.7 Å². The number of anilines is 1. The van der Waals surface area contributed by atoms with Crippen LogP contribution < -0.4 is 5.32 Å². The standard InChI is InChI=1S/C13H19F3N4O2/c1-19(7-10(21)13(14,15)16)12(22)17-11-6-9(18-20(11)2)8-4-3-5-8/h6,8,10,21H,3-5,7H2,1-2H3,(H,17,22). The second-order valence-electron chi connectivity index (χ2n) is 5.57. The molecule has 1 heterocycles. The minimum Gasteiger partial charge on any atom is -0.382 e. The number of carbonyl (C=O) groups is 1. The SMILES string of the molecule is CN(CC(O)C(F)(F)F)C(=O)Nc1cc(C2CCC2)nn1C. The molecule has 1 saturated carbocycles. The number of amides is 2. The van der Waals surface area contributed by atoms with Gasteiger partial charge in [0, 0.05) is 26.1 Å². The van der Waals surface area contributed by atoms with Crippen molar-refractivity contribution in [1.29, 1.82) is 0 Å². The number of aromatic nitrogens is 2. The molecular weight excluding hydrogens is 301 g/mol. The Kier molecular flexibility index (Phi) is 4.64. The van der Waals surface area contributed by atoms with Crippen molar-refractivity contribution >= 4 is 11.8 Å². The summed E-state index contributed by atoms with van der Waals surface area (Å²) in [5.74, 6) is 0.807. The number of halogens is 3. The molecule has 0 spiro atoms. The van der Waals surface area contributed by atoms with Gasteiger partial charge in [-0.25, -0.2) is 4.79 Å². The van der Waals surface area contributed by atoms with Crippen molar-refractivity contribution < 1.29 is 23.1 Å². The minimum atomic E-state index is -4.75. The fraction of sp³-hybridized carbons (Fsp3) is 0.692. The van der Waals surface area contributed by atoms with E-state index < -0.39 is 24.9 Å². The van der Waals surface area contributed by atoms with Gasteiger partial charge < -0.3 is 10.0 Å². The Morgan fingerprint density at radius 2 is 2.23 bits per heavy atom. The maximum Gasteiger partial charge on any atom is 0.416 e. The molecule has 1 fully saturated rings. The summed E-state index contributed by atoms with van der Waals surface area (Å²) in [7, 11) is 2.84. The number of nitrogens with one attached hydrogen (secondary N) is 1. The molecule has 2 rings (SSSR count). The van der Waals surface area contributed by atoms with Crippen molar-refractivity contribution in [3.05, 3.63) is 11.8 Å². The molecule has 0 saturated heterocycles. The summed E-state index contributed by atoms with van der Waals surface area (Å²) in [6.07, 6.45) is -4.05. The zero-order chi connectivity index (χ0) is 16.5. The van der Waals surface area contributed by atoms with E-state index in [1.807, 2.05) is 0 Å². The van der Waals surface area contributed by atoms with E-state index in [1.165, 1.54) is 11.7 Å². The topological polar surface area (TPSA) is 70.4 Å². The molecule has 1 unspecified atom stereocenters. The van der Waals surface area contributed by atoms with Crippen LogP contribution in [-0.4, -0.2) is 51.7 Å². The molecule has 1 aromatic heterocycles. The molecule has 0 aromatic carbocycles. The molecular formula is C13H19F3N4O2. The third-order valence-electron chi connectivity index (χ3n) is 3.83. The van der Waals surface area contributed by atoms with E-state index in [1.54, 1.807) is 13.1 Å². The molecule has 2 N–H and O–H groups in total. The Morgan fingerprint density at radius 1 is 1.59 bits per heavy atom. The summed E-state index contributed by atoms with van der Waals surface area (Å²) < 4.78 is 38.3. The summed E-state index contributed by atoms with van der Waals surface area (Å²) in [5.41, 5.74) is 0.877. The average molecular weight is 320 g/mol. The van der Waals surface area contributed by atoms with Gasteiger partial charge in [0.2, 0.25) is 0 Å². The third kappa shape index (κ3) is 3.70. The molecule has 0 bridgehead atoms. The number of aliphatic hydroxyl groups is 1. The van der Waals surface area contributed by atoms with E-state index in [2.05, 4.69) is 10.4 Å². The zero-order valence-corrected chi connectivity index (χ0v) is 12.4. The molecule has 6 nitrogen and oxygen atoms in total. The van der Waals surface area contributed by atoms with Crippen molar-refractivity contribution in [2.45, 2.75) is 37.5 Å². The van der Waals surface area contributed by atoms with Gasteiger partial charge in [0.25, 0.3) is 0 Å². The predicted octanol–water partition coefficient (Wildman–Crippen LogP) is 2.07. The Labute approximate surface area is 125 Å². The molecule has 2 amide bonds. The number of aliphatic hydroxyl groups excluding tert-OH is 1. The molecule has 1 aromatic rings. The van der Waals surface area contributed by atoms with Gasteiger partial charge in [-0.1, -0.05) is 6.42 Å². The minimum absolute atomic E-state index is 0.390. The number of hydrogen-bond donors (Lipinski definition) is 2. The molecule has 124 valence electrons. The highest BCUT2D eigenvalue weighted by atomic mass is 19.4. The molecule has 1 atom stereocenters. The second kappa shape index (κ2) is 6.15. The van der Waals surface area contributed by atoms with E-state index in [0.29, 0.717) is 11.7 Å². The van der Waals surface area contributed by atoms with Crippen LogP contribution in [-0.2, 0) is 7.05 Å². The van der Waals surface area contributed by atoms with E-state index in [0.717, 1.165) is 29.9 Å². The number of hydrogen-bond acceptors (Lipinski definition) is 3. The van der Waals surface area contributed by atoms with E-state index >= 15 is 0 Å². The first-order valence-corrected chi connectivity index (χ1v) is 6.99. The van der Waals surface area contributed by atoms with E-state index in [9.17, 15) is 18.0 Å². The van der Waals surface area contributed by atoms with Gasteiger partial charge in [-0.3, -0.25) is 10.00 Å². The van der Waals surface area contributed by atoms with Crippen LogP contribution in [0, 0.1) is 0 Å². The molecule has 0 radical (unpaired) electrons. The van der Waals surface area contributed by atoms with Gasteiger partial charge in [-0.15, -0.1) is 0 Å². The lowest BCUT2D eigenvalue weighted by Crippen LogP contribution is -2.43. The molecule has 1 aliphatic carbocycles. The fourth-order valence-corrected chi connectivity index (χ4v) is 2.16.